The highest BCUT2D eigenvalue weighted by Crippen LogP contribution is 2.27. The Morgan fingerprint density at radius 2 is 0.759 bits per heavy atom. The third kappa shape index (κ3) is 21.3. The Kier molecular flexibility index (Phi) is 24.4. The number of carbonyl (C=O) groups excluding carboxylic acids is 8. The summed E-state index contributed by atoms with van der Waals surface area (Å²) in [5.74, 6) is -5.57. The molecule has 17 heteroatoms. The number of hydrogen-bond donors (Lipinski definition) is 0. The van der Waals surface area contributed by atoms with E-state index in [-0.39, 0.29) is 77.8 Å². The van der Waals surface area contributed by atoms with Crippen molar-refractivity contribution in [3.05, 3.63) is 50.6 Å². The van der Waals surface area contributed by atoms with Crippen molar-refractivity contribution in [1.82, 2.24) is 0 Å². The van der Waals surface area contributed by atoms with Gasteiger partial charge in [-0.05, 0) is 51.4 Å². The van der Waals surface area contributed by atoms with Crippen LogP contribution >= 0.6 is 0 Å². The lowest BCUT2D eigenvalue weighted by molar-refractivity contribution is -0.275. The normalized spacial score (nSPS) is 17.3. The lowest BCUT2D eigenvalue weighted by atomic mass is 10.0. The Labute approximate surface area is 313 Å². The molecule has 4 atom stereocenters. The van der Waals surface area contributed by atoms with Gasteiger partial charge in [0.05, 0.1) is 33.0 Å². The molecule has 1 aliphatic heterocycles. The van der Waals surface area contributed by atoms with E-state index in [1.807, 2.05) is 0 Å². The third-order valence-corrected chi connectivity index (χ3v) is 7.19. The zero-order valence-electron chi connectivity index (χ0n) is 30.4. The number of esters is 8. The first-order chi connectivity index (χ1) is 25.9. The van der Waals surface area contributed by atoms with Crippen molar-refractivity contribution in [3.63, 3.8) is 0 Å². The van der Waals surface area contributed by atoms with Crippen LogP contribution in [0.3, 0.4) is 0 Å². The highest BCUT2D eigenvalue weighted by atomic mass is 16.7. The lowest BCUT2D eigenvalue weighted by Gasteiger charge is -2.40. The molecule has 0 amide bonds. The summed E-state index contributed by atoms with van der Waals surface area (Å²) in [6.45, 7) is 12.9. The van der Waals surface area contributed by atoms with E-state index in [0.717, 1.165) is 24.3 Å². The standard InChI is InChI=1S/C37H50O17/c1-5-27(38)46-21-13-9-17-31(42)51-26-25-50-37(54-34(45)20-12-16-24-49-30(41)8-4)36(53-33(44)19-11-15-23-48-29(40)7-3)35(26)52-32(43)18-10-14-22-47-28(39)6-2/h5-8,26,35-37H,1-4,9-25H2/t26-,35+,36-,37-/m1/s1. The molecular formula is C37H50O17. The summed E-state index contributed by atoms with van der Waals surface area (Å²) in [5.41, 5.74) is 0. The second-order valence-corrected chi connectivity index (χ2v) is 11.4. The van der Waals surface area contributed by atoms with E-state index in [2.05, 4.69) is 26.3 Å². The van der Waals surface area contributed by atoms with Gasteiger partial charge in [-0.3, -0.25) is 19.2 Å². The summed E-state index contributed by atoms with van der Waals surface area (Å²) >= 11 is 0. The van der Waals surface area contributed by atoms with Crippen LogP contribution in [0.1, 0.15) is 77.0 Å². The summed E-state index contributed by atoms with van der Waals surface area (Å²) in [7, 11) is 0. The smallest absolute Gasteiger partial charge is 0.330 e. The van der Waals surface area contributed by atoms with Gasteiger partial charge in [-0.2, -0.15) is 0 Å². The largest absolute Gasteiger partial charge is 0.463 e. The third-order valence-electron chi connectivity index (χ3n) is 7.19. The number of ether oxygens (including phenoxy) is 9. The average Bonchev–Trinajstić information content (AvgIpc) is 3.15. The molecule has 0 spiro atoms. The van der Waals surface area contributed by atoms with E-state index in [1.165, 1.54) is 0 Å². The van der Waals surface area contributed by atoms with Crippen molar-refractivity contribution in [2.24, 2.45) is 0 Å². The number of rotatable bonds is 28. The maximum atomic E-state index is 13.1. The molecule has 0 aliphatic carbocycles. The van der Waals surface area contributed by atoms with Crippen molar-refractivity contribution in [2.75, 3.05) is 33.0 Å². The van der Waals surface area contributed by atoms with Crippen molar-refractivity contribution in [2.45, 2.75) is 102 Å². The van der Waals surface area contributed by atoms with Gasteiger partial charge in [0.2, 0.25) is 12.4 Å². The number of unbranched alkanes of at least 4 members (excludes halogenated alkanes) is 4. The average molecular weight is 767 g/mol. The Morgan fingerprint density at radius 1 is 0.444 bits per heavy atom. The molecule has 54 heavy (non-hydrogen) atoms. The van der Waals surface area contributed by atoms with Gasteiger partial charge in [-0.25, -0.2) is 19.2 Å². The number of carbonyl (C=O) groups is 8. The van der Waals surface area contributed by atoms with Crippen LogP contribution in [0.5, 0.6) is 0 Å². The van der Waals surface area contributed by atoms with Gasteiger partial charge >= 0.3 is 47.8 Å². The second-order valence-electron chi connectivity index (χ2n) is 11.4. The molecule has 1 rings (SSSR count). The molecule has 0 saturated carbocycles. The Balaban J connectivity index is 3.12. The molecule has 17 nitrogen and oxygen atoms in total. The molecule has 0 aromatic rings. The van der Waals surface area contributed by atoms with Crippen molar-refractivity contribution in [1.29, 1.82) is 0 Å². The summed E-state index contributed by atoms with van der Waals surface area (Å²) in [4.78, 5) is 96.9. The van der Waals surface area contributed by atoms with Crippen LogP contribution in [-0.2, 0) is 81.0 Å². The van der Waals surface area contributed by atoms with Crippen molar-refractivity contribution in [3.8, 4) is 0 Å². The van der Waals surface area contributed by atoms with E-state index < -0.39 is 79.0 Å². The van der Waals surface area contributed by atoms with E-state index in [1.54, 1.807) is 0 Å². The molecule has 1 saturated heterocycles. The summed E-state index contributed by atoms with van der Waals surface area (Å²) in [5, 5.41) is 0. The van der Waals surface area contributed by atoms with Crippen molar-refractivity contribution >= 4 is 47.8 Å². The Bertz CT molecular complexity index is 1210. The first-order valence-electron chi connectivity index (χ1n) is 17.5. The van der Waals surface area contributed by atoms with Crippen LogP contribution in [-0.4, -0.2) is 105 Å². The maximum Gasteiger partial charge on any atom is 0.330 e. The molecular weight excluding hydrogens is 716 g/mol. The molecule has 1 aliphatic rings. The fourth-order valence-electron chi connectivity index (χ4n) is 4.46. The quantitative estimate of drug-likeness (QED) is 0.0483. The number of hydrogen-bond acceptors (Lipinski definition) is 17. The maximum absolute atomic E-state index is 13.1. The SMILES string of the molecule is C=CC(=O)OCCCCC(=O)O[C@H]1OC[C@@H](OC(=O)CCCCOC(=O)C=C)[C@H](OC(=O)CCCCOC(=O)C=C)[C@H]1OC(=O)CCCCOC(=O)C=C. The van der Waals surface area contributed by atoms with E-state index in [0.29, 0.717) is 25.7 Å². The first-order valence-corrected chi connectivity index (χ1v) is 17.5. The van der Waals surface area contributed by atoms with E-state index in [9.17, 15) is 38.4 Å². The highest BCUT2D eigenvalue weighted by molar-refractivity contribution is 5.82. The van der Waals surface area contributed by atoms with Crippen LogP contribution in [0.15, 0.2) is 50.6 Å². The molecule has 0 bridgehead atoms. The minimum atomic E-state index is -1.59. The topological polar surface area (TPSA) is 220 Å². The van der Waals surface area contributed by atoms with Crippen molar-refractivity contribution < 1.29 is 81.0 Å². The molecule has 0 N–H and O–H groups in total. The zero-order chi connectivity index (χ0) is 40.1. The minimum Gasteiger partial charge on any atom is -0.463 e. The molecule has 300 valence electrons. The molecule has 1 fully saturated rings. The van der Waals surface area contributed by atoms with Gasteiger partial charge in [-0.15, -0.1) is 0 Å². The van der Waals surface area contributed by atoms with Gasteiger partial charge in [0.1, 0.15) is 0 Å². The molecule has 1 heterocycles. The van der Waals surface area contributed by atoms with Crippen LogP contribution in [0.4, 0.5) is 0 Å². The fourth-order valence-corrected chi connectivity index (χ4v) is 4.46. The Hall–Kier alpha value is -5.32. The fraction of sp³-hybridized carbons (Fsp3) is 0.568. The molecule has 0 aromatic carbocycles. The lowest BCUT2D eigenvalue weighted by Crippen LogP contribution is -2.58. The molecule has 0 aromatic heterocycles. The van der Waals surface area contributed by atoms with Crippen LogP contribution in [0.25, 0.3) is 0 Å². The molecule has 0 unspecified atom stereocenters. The van der Waals surface area contributed by atoms with E-state index in [4.69, 9.17) is 42.6 Å². The van der Waals surface area contributed by atoms with Crippen LogP contribution < -0.4 is 0 Å². The molecule has 0 radical (unpaired) electrons. The zero-order valence-corrected chi connectivity index (χ0v) is 30.4. The van der Waals surface area contributed by atoms with Gasteiger partial charge in [0.15, 0.2) is 12.2 Å². The van der Waals surface area contributed by atoms with Crippen LogP contribution in [0.2, 0.25) is 0 Å². The van der Waals surface area contributed by atoms with Crippen LogP contribution in [0, 0.1) is 0 Å². The minimum absolute atomic E-state index is 0.0133. The van der Waals surface area contributed by atoms with Gasteiger partial charge < -0.3 is 42.6 Å². The Morgan fingerprint density at radius 3 is 1.11 bits per heavy atom. The first kappa shape index (κ1) is 46.7. The van der Waals surface area contributed by atoms with Gasteiger partial charge in [0, 0.05) is 50.0 Å². The van der Waals surface area contributed by atoms with Gasteiger partial charge in [0.25, 0.3) is 0 Å². The second kappa shape index (κ2) is 28.2. The monoisotopic (exact) mass is 766 g/mol. The summed E-state index contributed by atoms with van der Waals surface area (Å²) in [6, 6.07) is 0. The van der Waals surface area contributed by atoms with Gasteiger partial charge in [-0.1, -0.05) is 26.3 Å². The predicted molar refractivity (Wildman–Crippen MR) is 185 cm³/mol. The summed E-state index contributed by atoms with van der Waals surface area (Å²) in [6.07, 6.45) is -0.335. The highest BCUT2D eigenvalue weighted by Gasteiger charge is 2.49. The van der Waals surface area contributed by atoms with E-state index >= 15 is 0 Å². The summed E-state index contributed by atoms with van der Waals surface area (Å²) < 4.78 is 47.8. The predicted octanol–water partition coefficient (Wildman–Crippen LogP) is 3.22.